The maximum Gasteiger partial charge on any atom is 0.264 e. The van der Waals surface area contributed by atoms with Gasteiger partial charge in [-0.3, -0.25) is 19.3 Å². The van der Waals surface area contributed by atoms with Crippen molar-refractivity contribution in [3.63, 3.8) is 0 Å². The topological polar surface area (TPSA) is 70.4 Å². The molecule has 0 aliphatic rings. The molecule has 0 fully saturated rings. The first-order chi connectivity index (χ1) is 14.5. The molecule has 0 radical (unpaired) electrons. The van der Waals surface area contributed by atoms with Gasteiger partial charge in [0.1, 0.15) is 5.56 Å². The lowest BCUT2D eigenvalue weighted by Gasteiger charge is -2.17. The van der Waals surface area contributed by atoms with E-state index < -0.39 is 5.56 Å². The van der Waals surface area contributed by atoms with Crippen LogP contribution >= 0.6 is 12.2 Å². The number of rotatable bonds is 8. The number of hydrogen-bond acceptors (Lipinski definition) is 4. The van der Waals surface area contributed by atoms with Crippen molar-refractivity contribution in [3.05, 3.63) is 92.5 Å². The van der Waals surface area contributed by atoms with E-state index in [0.29, 0.717) is 6.54 Å². The van der Waals surface area contributed by atoms with Crippen molar-refractivity contribution in [2.75, 3.05) is 6.54 Å². The van der Waals surface area contributed by atoms with Gasteiger partial charge >= 0.3 is 0 Å². The van der Waals surface area contributed by atoms with E-state index in [1.807, 2.05) is 50.2 Å². The van der Waals surface area contributed by atoms with E-state index in [2.05, 4.69) is 34.2 Å². The van der Waals surface area contributed by atoms with Crippen LogP contribution in [0.2, 0.25) is 0 Å². The van der Waals surface area contributed by atoms with Crippen molar-refractivity contribution in [3.8, 4) is 5.88 Å². The Balaban J connectivity index is 1.82. The minimum atomic E-state index is -0.427. The molecule has 0 saturated heterocycles. The van der Waals surface area contributed by atoms with E-state index in [4.69, 9.17) is 12.2 Å². The molecule has 1 unspecified atom stereocenters. The number of nitrogens with zero attached hydrogens (tertiary/aromatic N) is 2. The summed E-state index contributed by atoms with van der Waals surface area (Å²) in [5.41, 5.74) is 2.16. The van der Waals surface area contributed by atoms with Crippen molar-refractivity contribution in [2.24, 2.45) is 4.99 Å². The molecule has 1 heterocycles. The number of aromatic nitrogens is 2. The molecule has 3 aromatic rings. The first-order valence-corrected chi connectivity index (χ1v) is 10.6. The lowest BCUT2D eigenvalue weighted by molar-refractivity contribution is 0.371. The first kappa shape index (κ1) is 21.7. The van der Waals surface area contributed by atoms with E-state index in [1.165, 1.54) is 17.3 Å². The molecule has 1 atom stereocenters. The molecule has 0 aliphatic heterocycles. The van der Waals surface area contributed by atoms with E-state index >= 15 is 0 Å². The number of aromatic amines is 1. The van der Waals surface area contributed by atoms with E-state index in [9.17, 15) is 9.90 Å². The Kier molecular flexibility index (Phi) is 7.36. The van der Waals surface area contributed by atoms with Gasteiger partial charge in [-0.2, -0.15) is 0 Å². The SMILES string of the molecule is CCC(C)n1c(O)c(C=NCCC(c2ccccc2)c2ccccc2)c(=O)[nH]c1=S. The molecular weight excluding hydrogens is 394 g/mol. The molecule has 5 nitrogen and oxygen atoms in total. The Morgan fingerprint density at radius 3 is 2.20 bits per heavy atom. The summed E-state index contributed by atoms with van der Waals surface area (Å²) in [6.45, 7) is 4.46. The molecule has 0 saturated carbocycles. The number of aliphatic imine (C=N–C) groups is 1. The highest BCUT2D eigenvalue weighted by Gasteiger charge is 2.15. The summed E-state index contributed by atoms with van der Waals surface area (Å²) in [5.74, 6) is 0.0704. The van der Waals surface area contributed by atoms with Gasteiger partial charge in [0.15, 0.2) is 4.77 Å². The Labute approximate surface area is 181 Å². The second-order valence-electron chi connectivity index (χ2n) is 7.32. The lowest BCUT2D eigenvalue weighted by Crippen LogP contribution is -2.20. The number of hydrogen-bond donors (Lipinski definition) is 2. The van der Waals surface area contributed by atoms with Gasteiger partial charge in [-0.05, 0) is 43.1 Å². The fourth-order valence-corrected chi connectivity index (χ4v) is 3.88. The predicted molar refractivity (Wildman–Crippen MR) is 124 cm³/mol. The zero-order valence-corrected chi connectivity index (χ0v) is 18.1. The van der Waals surface area contributed by atoms with Crippen molar-refractivity contribution >= 4 is 18.4 Å². The Hall–Kier alpha value is -2.99. The van der Waals surface area contributed by atoms with Crippen LogP contribution in [0, 0.1) is 4.77 Å². The molecule has 3 rings (SSSR count). The van der Waals surface area contributed by atoms with Crippen LogP contribution in [0.5, 0.6) is 5.88 Å². The molecule has 0 aliphatic carbocycles. The summed E-state index contributed by atoms with van der Waals surface area (Å²) < 4.78 is 1.78. The standard InChI is InChI=1S/C24H27N3O2S/c1-3-17(2)27-23(29)21(22(28)26-24(27)30)16-25-15-14-20(18-10-6-4-7-11-18)19-12-8-5-9-13-19/h4-13,16-17,20,29H,3,14-15H2,1-2H3,(H,26,28,30). The smallest absolute Gasteiger partial charge is 0.264 e. The largest absolute Gasteiger partial charge is 0.494 e. The third-order valence-corrected chi connectivity index (χ3v) is 5.65. The van der Waals surface area contributed by atoms with Gasteiger partial charge in [-0.1, -0.05) is 67.6 Å². The quantitative estimate of drug-likeness (QED) is 0.387. The molecule has 30 heavy (non-hydrogen) atoms. The zero-order valence-electron chi connectivity index (χ0n) is 17.3. The van der Waals surface area contributed by atoms with Crippen molar-refractivity contribution in [1.29, 1.82) is 0 Å². The summed E-state index contributed by atoms with van der Waals surface area (Å²) in [5, 5.41) is 10.6. The van der Waals surface area contributed by atoms with Crippen LogP contribution in [-0.4, -0.2) is 27.4 Å². The van der Waals surface area contributed by atoms with Gasteiger partial charge < -0.3 is 5.11 Å². The fraction of sp³-hybridized carbons (Fsp3) is 0.292. The van der Waals surface area contributed by atoms with Gasteiger partial charge in [0, 0.05) is 24.7 Å². The highest BCUT2D eigenvalue weighted by atomic mass is 32.1. The van der Waals surface area contributed by atoms with Crippen LogP contribution in [0.15, 0.2) is 70.5 Å². The second kappa shape index (κ2) is 10.2. The highest BCUT2D eigenvalue weighted by molar-refractivity contribution is 7.71. The maximum atomic E-state index is 12.3. The van der Waals surface area contributed by atoms with Crippen LogP contribution in [0.25, 0.3) is 0 Å². The molecular formula is C24H27N3O2S. The minimum Gasteiger partial charge on any atom is -0.494 e. The molecule has 1 aromatic heterocycles. The van der Waals surface area contributed by atoms with Crippen LogP contribution < -0.4 is 5.56 Å². The summed E-state index contributed by atoms with van der Waals surface area (Å²) in [7, 11) is 0. The molecule has 0 spiro atoms. The second-order valence-corrected chi connectivity index (χ2v) is 7.71. The summed E-state index contributed by atoms with van der Waals surface area (Å²) in [6.07, 6.45) is 3.02. The molecule has 2 N–H and O–H groups in total. The molecule has 6 heteroatoms. The molecule has 156 valence electrons. The van der Waals surface area contributed by atoms with Crippen LogP contribution in [0.3, 0.4) is 0 Å². The maximum absolute atomic E-state index is 12.3. The van der Waals surface area contributed by atoms with Crippen molar-refractivity contribution in [1.82, 2.24) is 9.55 Å². The van der Waals surface area contributed by atoms with Crippen LogP contribution in [0.1, 0.15) is 55.3 Å². The third-order valence-electron chi connectivity index (χ3n) is 5.36. The lowest BCUT2D eigenvalue weighted by atomic mass is 9.89. The summed E-state index contributed by atoms with van der Waals surface area (Å²) in [6, 6.07) is 20.6. The predicted octanol–water partition coefficient (Wildman–Crippen LogP) is 5.22. The third kappa shape index (κ3) is 4.94. The van der Waals surface area contributed by atoms with Crippen LogP contribution in [-0.2, 0) is 0 Å². The highest BCUT2D eigenvalue weighted by Crippen LogP contribution is 2.28. The van der Waals surface area contributed by atoms with E-state index in [-0.39, 0.29) is 28.2 Å². The van der Waals surface area contributed by atoms with Crippen molar-refractivity contribution in [2.45, 2.75) is 38.6 Å². The zero-order chi connectivity index (χ0) is 21.5. The molecule has 0 bridgehead atoms. The van der Waals surface area contributed by atoms with Gasteiger partial charge in [0.05, 0.1) is 0 Å². The van der Waals surface area contributed by atoms with E-state index in [0.717, 1.165) is 12.8 Å². The average Bonchev–Trinajstić information content (AvgIpc) is 2.76. The first-order valence-electron chi connectivity index (χ1n) is 10.2. The summed E-state index contributed by atoms with van der Waals surface area (Å²) >= 11 is 5.21. The fourth-order valence-electron chi connectivity index (χ4n) is 3.52. The number of aromatic hydroxyl groups is 1. The minimum absolute atomic E-state index is 0.0259. The monoisotopic (exact) mass is 421 g/mol. The molecule has 0 amide bonds. The van der Waals surface area contributed by atoms with Gasteiger partial charge in [0.25, 0.3) is 5.56 Å². The normalized spacial score (nSPS) is 12.5. The van der Waals surface area contributed by atoms with Gasteiger partial charge in [-0.25, -0.2) is 0 Å². The summed E-state index contributed by atoms with van der Waals surface area (Å²) in [4.78, 5) is 19.4. The van der Waals surface area contributed by atoms with Gasteiger partial charge in [-0.15, -0.1) is 0 Å². The molecule has 2 aromatic carbocycles. The van der Waals surface area contributed by atoms with Gasteiger partial charge in [0.2, 0.25) is 5.88 Å². The number of H-pyrrole nitrogens is 1. The van der Waals surface area contributed by atoms with Crippen LogP contribution in [0.4, 0.5) is 0 Å². The Morgan fingerprint density at radius 2 is 1.67 bits per heavy atom. The van der Waals surface area contributed by atoms with E-state index in [1.54, 1.807) is 4.57 Å². The Bertz CT molecular complexity index is 1070. The number of nitrogens with one attached hydrogen (secondary N) is 1. The van der Waals surface area contributed by atoms with Crippen molar-refractivity contribution < 1.29 is 5.11 Å². The number of benzene rings is 2. The Morgan fingerprint density at radius 1 is 1.10 bits per heavy atom. The average molecular weight is 422 g/mol.